The van der Waals surface area contributed by atoms with Crippen molar-refractivity contribution in [1.29, 1.82) is 0 Å². The lowest BCUT2D eigenvalue weighted by atomic mass is 9.99. The van der Waals surface area contributed by atoms with Gasteiger partial charge in [-0.15, -0.1) is 0 Å². The molecule has 1 rings (SSSR count). The number of aliphatic hydroxyl groups is 6. The quantitative estimate of drug-likeness (QED) is 0.0432. The Bertz CT molecular complexity index is 743. The number of amides is 1. The fraction of sp³-hybridized carbons (Fsp3) is 0.974. The van der Waals surface area contributed by atoms with E-state index >= 15 is 0 Å². The second-order valence-electron chi connectivity index (χ2n) is 14.2. The molecular formula is C38H75NO9. The number of nitrogens with one attached hydrogen (secondary N) is 1. The highest BCUT2D eigenvalue weighted by molar-refractivity contribution is 5.80. The average Bonchev–Trinajstić information content (AvgIpc) is 3.08. The molecule has 10 nitrogen and oxygen atoms in total. The second-order valence-corrected chi connectivity index (χ2v) is 14.2. The van der Waals surface area contributed by atoms with Gasteiger partial charge in [-0.1, -0.05) is 162 Å². The monoisotopic (exact) mass is 690 g/mol. The molecule has 7 N–H and O–H groups in total. The van der Waals surface area contributed by atoms with Crippen molar-refractivity contribution in [3.8, 4) is 0 Å². The summed E-state index contributed by atoms with van der Waals surface area (Å²) in [6.45, 7) is 3.62. The number of ether oxygens (including phenoxy) is 2. The smallest absolute Gasteiger partial charge is 0.249 e. The van der Waals surface area contributed by atoms with E-state index in [1.165, 1.54) is 96.3 Å². The SMILES string of the molecule is CCCCCCCCCCCCCCC[C@@H](O)[C@H](COC1OC(CO)C(O)C(O)C1O)NC(=O)[C@H](O)CCCCCCCCCCCC. The van der Waals surface area contributed by atoms with Crippen molar-refractivity contribution in [3.05, 3.63) is 0 Å². The topological polar surface area (TPSA) is 169 Å². The van der Waals surface area contributed by atoms with E-state index in [2.05, 4.69) is 19.2 Å². The third kappa shape index (κ3) is 20.7. The van der Waals surface area contributed by atoms with Crippen LogP contribution >= 0.6 is 0 Å². The Labute approximate surface area is 292 Å². The molecule has 48 heavy (non-hydrogen) atoms. The number of hydrogen-bond acceptors (Lipinski definition) is 9. The van der Waals surface area contributed by atoms with Crippen LogP contribution in [-0.4, -0.2) is 98.7 Å². The number of aliphatic hydroxyl groups excluding tert-OH is 6. The minimum absolute atomic E-state index is 0.251. The van der Waals surface area contributed by atoms with Gasteiger partial charge in [0.1, 0.15) is 30.5 Å². The van der Waals surface area contributed by atoms with E-state index in [4.69, 9.17) is 9.47 Å². The molecule has 1 heterocycles. The van der Waals surface area contributed by atoms with E-state index in [0.29, 0.717) is 12.8 Å². The van der Waals surface area contributed by atoms with Crippen molar-refractivity contribution >= 4 is 5.91 Å². The molecule has 0 aliphatic carbocycles. The summed E-state index contributed by atoms with van der Waals surface area (Å²) in [5.41, 5.74) is 0. The first kappa shape index (κ1) is 45.2. The number of carbonyl (C=O) groups is 1. The van der Waals surface area contributed by atoms with Gasteiger partial charge in [0.2, 0.25) is 5.91 Å². The molecule has 0 spiro atoms. The summed E-state index contributed by atoms with van der Waals surface area (Å²) in [5, 5.41) is 64.4. The van der Waals surface area contributed by atoms with E-state index < -0.39 is 61.5 Å². The molecule has 1 aliphatic rings. The van der Waals surface area contributed by atoms with Gasteiger partial charge in [0, 0.05) is 0 Å². The largest absolute Gasteiger partial charge is 0.394 e. The van der Waals surface area contributed by atoms with Gasteiger partial charge in [-0.3, -0.25) is 4.79 Å². The van der Waals surface area contributed by atoms with Crippen LogP contribution in [0.5, 0.6) is 0 Å². The number of unbranched alkanes of at least 4 members (excludes halogenated alkanes) is 21. The minimum atomic E-state index is -1.59. The summed E-state index contributed by atoms with van der Waals surface area (Å²) in [7, 11) is 0. The molecule has 1 fully saturated rings. The van der Waals surface area contributed by atoms with E-state index in [0.717, 1.165) is 51.4 Å². The van der Waals surface area contributed by atoms with Crippen LogP contribution in [0.1, 0.15) is 174 Å². The molecule has 0 saturated carbocycles. The Morgan fingerprint density at radius 2 is 1.04 bits per heavy atom. The highest BCUT2D eigenvalue weighted by Crippen LogP contribution is 2.23. The molecule has 0 aromatic rings. The normalized spacial score (nSPS) is 23.2. The molecule has 1 amide bonds. The van der Waals surface area contributed by atoms with Crippen LogP contribution in [0.15, 0.2) is 0 Å². The van der Waals surface area contributed by atoms with Crippen LogP contribution in [0, 0.1) is 0 Å². The summed E-state index contributed by atoms with van der Waals surface area (Å²) in [4.78, 5) is 12.9. The summed E-state index contributed by atoms with van der Waals surface area (Å²) in [5.74, 6) is -0.585. The molecule has 8 atom stereocenters. The number of hydrogen-bond donors (Lipinski definition) is 7. The van der Waals surface area contributed by atoms with Gasteiger partial charge in [0.25, 0.3) is 0 Å². The van der Waals surface area contributed by atoms with Crippen LogP contribution < -0.4 is 5.32 Å². The van der Waals surface area contributed by atoms with Crippen molar-refractivity contribution in [3.63, 3.8) is 0 Å². The van der Waals surface area contributed by atoms with Crippen LogP contribution in [-0.2, 0) is 14.3 Å². The van der Waals surface area contributed by atoms with E-state index in [9.17, 15) is 35.4 Å². The molecule has 1 saturated heterocycles. The summed E-state index contributed by atoms with van der Waals surface area (Å²) >= 11 is 0. The lowest BCUT2D eigenvalue weighted by Gasteiger charge is -2.40. The van der Waals surface area contributed by atoms with Crippen LogP contribution in [0.4, 0.5) is 0 Å². The van der Waals surface area contributed by atoms with E-state index in [1.54, 1.807) is 0 Å². The standard InChI is InChI=1S/C38H75NO9/c1-3-5-7-9-11-13-15-16-17-19-20-22-24-26-31(41)30(29-47-38-36(45)35(44)34(43)33(28-40)48-38)39-37(46)32(42)27-25-23-21-18-14-12-10-8-6-4-2/h30-36,38,40-45H,3-29H2,1-2H3,(H,39,46)/t30-,31+,32+,33?,34?,35?,36?,38?/m0/s1. The van der Waals surface area contributed by atoms with Crippen molar-refractivity contribution in [2.45, 2.75) is 223 Å². The summed E-state index contributed by atoms with van der Waals surface area (Å²) in [6, 6.07) is -0.885. The Morgan fingerprint density at radius 1 is 0.625 bits per heavy atom. The third-order valence-corrected chi connectivity index (χ3v) is 9.82. The zero-order valence-corrected chi connectivity index (χ0v) is 30.6. The van der Waals surface area contributed by atoms with Crippen LogP contribution in [0.3, 0.4) is 0 Å². The molecule has 0 aromatic heterocycles. The van der Waals surface area contributed by atoms with Gasteiger partial charge >= 0.3 is 0 Å². The van der Waals surface area contributed by atoms with Crippen molar-refractivity contribution < 1.29 is 44.9 Å². The molecule has 286 valence electrons. The van der Waals surface area contributed by atoms with Gasteiger partial charge in [-0.05, 0) is 12.8 Å². The Hall–Kier alpha value is -0.850. The molecule has 0 radical (unpaired) electrons. The molecule has 0 bridgehead atoms. The second kappa shape index (κ2) is 29.8. The van der Waals surface area contributed by atoms with Crippen LogP contribution in [0.2, 0.25) is 0 Å². The zero-order chi connectivity index (χ0) is 35.4. The maximum Gasteiger partial charge on any atom is 0.249 e. The Balaban J connectivity index is 2.48. The average molecular weight is 690 g/mol. The van der Waals surface area contributed by atoms with E-state index in [-0.39, 0.29) is 6.61 Å². The van der Waals surface area contributed by atoms with Gasteiger partial charge < -0.3 is 45.4 Å². The van der Waals surface area contributed by atoms with Gasteiger partial charge in [0.05, 0.1) is 25.4 Å². The number of carbonyl (C=O) groups excluding carboxylic acids is 1. The minimum Gasteiger partial charge on any atom is -0.394 e. The summed E-state index contributed by atoms with van der Waals surface area (Å²) < 4.78 is 11.1. The first-order valence-corrected chi connectivity index (χ1v) is 19.8. The van der Waals surface area contributed by atoms with Crippen molar-refractivity contribution in [2.24, 2.45) is 0 Å². The lowest BCUT2D eigenvalue weighted by molar-refractivity contribution is -0.302. The highest BCUT2D eigenvalue weighted by atomic mass is 16.7. The van der Waals surface area contributed by atoms with Gasteiger partial charge in [-0.25, -0.2) is 0 Å². The summed E-state index contributed by atoms with van der Waals surface area (Å²) in [6.07, 6.45) is 18.7. The predicted molar refractivity (Wildman–Crippen MR) is 190 cm³/mol. The maximum absolute atomic E-state index is 12.9. The van der Waals surface area contributed by atoms with Crippen LogP contribution in [0.25, 0.3) is 0 Å². The first-order valence-electron chi connectivity index (χ1n) is 19.8. The Morgan fingerprint density at radius 3 is 1.48 bits per heavy atom. The molecular weight excluding hydrogens is 614 g/mol. The molecule has 10 heteroatoms. The van der Waals surface area contributed by atoms with Gasteiger partial charge in [0.15, 0.2) is 6.29 Å². The number of rotatable bonds is 32. The fourth-order valence-electron chi connectivity index (χ4n) is 6.46. The zero-order valence-electron chi connectivity index (χ0n) is 30.6. The first-order chi connectivity index (χ1) is 23.3. The van der Waals surface area contributed by atoms with Crippen molar-refractivity contribution in [2.75, 3.05) is 13.2 Å². The lowest BCUT2D eigenvalue weighted by Crippen LogP contribution is -2.60. The molecule has 1 aliphatic heterocycles. The Kier molecular flexibility index (Phi) is 28.1. The third-order valence-electron chi connectivity index (χ3n) is 9.82. The molecule has 0 aromatic carbocycles. The molecule has 5 unspecified atom stereocenters. The predicted octanol–water partition coefficient (Wildman–Crippen LogP) is 5.80. The van der Waals surface area contributed by atoms with Gasteiger partial charge in [-0.2, -0.15) is 0 Å². The highest BCUT2D eigenvalue weighted by Gasteiger charge is 2.44. The maximum atomic E-state index is 12.9. The van der Waals surface area contributed by atoms with Crippen molar-refractivity contribution in [1.82, 2.24) is 5.32 Å². The van der Waals surface area contributed by atoms with E-state index in [1.807, 2.05) is 0 Å². The fourth-order valence-corrected chi connectivity index (χ4v) is 6.46.